The Labute approximate surface area is 340 Å². The zero-order chi connectivity index (χ0) is 38.7. The topological polar surface area (TPSA) is 12.5 Å². The van der Waals surface area contributed by atoms with E-state index in [-0.39, 0.29) is 0 Å². The lowest BCUT2D eigenvalue weighted by Gasteiger charge is -2.28. The molecule has 0 amide bonds. The quantitative estimate of drug-likeness (QED) is 0.174. The second-order valence-corrected chi connectivity index (χ2v) is 14.8. The molecule has 1 heterocycles. The van der Waals surface area contributed by atoms with Crippen LogP contribution in [0.3, 0.4) is 0 Å². The van der Waals surface area contributed by atoms with E-state index in [4.69, 9.17) is 4.74 Å². The highest BCUT2D eigenvalue weighted by atomic mass is 16.5. The van der Waals surface area contributed by atoms with Crippen LogP contribution in [-0.2, 0) is 13.0 Å². The van der Waals surface area contributed by atoms with Crippen LogP contribution in [-0.4, -0.2) is 0 Å². The number of fused-ring (bicyclic) bond motifs is 8. The Morgan fingerprint density at radius 2 is 1.03 bits per heavy atom. The lowest BCUT2D eigenvalue weighted by Crippen LogP contribution is -2.11. The average Bonchev–Trinajstić information content (AvgIpc) is 3.30. The molecule has 0 N–H and O–H groups in total. The van der Waals surface area contributed by atoms with Crippen molar-refractivity contribution in [2.24, 2.45) is 0 Å². The monoisotopic (exact) mass is 743 g/mol. The smallest absolute Gasteiger partial charge is 0.135 e. The van der Waals surface area contributed by atoms with E-state index >= 15 is 0 Å². The summed E-state index contributed by atoms with van der Waals surface area (Å²) in [6, 6.07) is 76.3. The molecule has 0 aromatic heterocycles. The minimum atomic E-state index is 0.469. The first kappa shape index (κ1) is 35.0. The largest absolute Gasteiger partial charge is 0.488 e. The molecule has 0 unspecified atom stereocenters. The van der Waals surface area contributed by atoms with Gasteiger partial charge in [-0.05, 0) is 104 Å². The SMILES string of the molecule is C1=C\c2ccccc2COc2c(ccc3ccccc23)-c2cc(-c3ccc(N(c4ccccc4)c4ccccc4-c4ccccc4)cc3)ccc2-c2ccccc2C/1. The fraction of sp³-hybridized carbons (Fsp3) is 0.0357. The molecular weight excluding hydrogens is 703 g/mol. The predicted molar refractivity (Wildman–Crippen MR) is 244 cm³/mol. The van der Waals surface area contributed by atoms with Gasteiger partial charge in [-0.1, -0.05) is 182 Å². The molecule has 2 heteroatoms. The molecule has 0 fully saturated rings. The zero-order valence-electron chi connectivity index (χ0n) is 32.1. The van der Waals surface area contributed by atoms with Crippen molar-refractivity contribution in [2.75, 3.05) is 4.90 Å². The van der Waals surface area contributed by atoms with Gasteiger partial charge in [-0.15, -0.1) is 0 Å². The molecule has 0 atom stereocenters. The van der Waals surface area contributed by atoms with Crippen LogP contribution < -0.4 is 9.64 Å². The van der Waals surface area contributed by atoms with Gasteiger partial charge in [-0.3, -0.25) is 0 Å². The van der Waals surface area contributed by atoms with E-state index in [0.29, 0.717) is 6.61 Å². The van der Waals surface area contributed by atoms with Gasteiger partial charge in [0.05, 0.1) is 5.69 Å². The fourth-order valence-electron chi connectivity index (χ4n) is 8.38. The maximum atomic E-state index is 6.96. The highest BCUT2D eigenvalue weighted by Gasteiger charge is 2.20. The van der Waals surface area contributed by atoms with Crippen molar-refractivity contribution in [3.05, 3.63) is 235 Å². The van der Waals surface area contributed by atoms with Gasteiger partial charge >= 0.3 is 0 Å². The molecule has 276 valence electrons. The van der Waals surface area contributed by atoms with Crippen LogP contribution in [0.4, 0.5) is 17.1 Å². The summed E-state index contributed by atoms with van der Waals surface area (Å²) in [5.74, 6) is 0.901. The average molecular weight is 744 g/mol. The molecule has 58 heavy (non-hydrogen) atoms. The first-order valence-electron chi connectivity index (χ1n) is 20.0. The number of hydrogen-bond donors (Lipinski definition) is 0. The number of benzene rings is 9. The van der Waals surface area contributed by atoms with Crippen molar-refractivity contribution in [3.63, 3.8) is 0 Å². The second kappa shape index (κ2) is 15.6. The summed E-state index contributed by atoms with van der Waals surface area (Å²) >= 11 is 0. The summed E-state index contributed by atoms with van der Waals surface area (Å²) in [7, 11) is 0. The number of ether oxygens (including phenoxy) is 1. The lowest BCUT2D eigenvalue weighted by molar-refractivity contribution is 0.311. The van der Waals surface area contributed by atoms with E-state index in [2.05, 4.69) is 229 Å². The van der Waals surface area contributed by atoms with Gasteiger partial charge in [0.2, 0.25) is 0 Å². The van der Waals surface area contributed by atoms with Gasteiger partial charge in [-0.2, -0.15) is 0 Å². The van der Waals surface area contributed by atoms with Crippen molar-refractivity contribution in [1.82, 2.24) is 0 Å². The van der Waals surface area contributed by atoms with E-state index in [1.807, 2.05) is 0 Å². The van der Waals surface area contributed by atoms with Gasteiger partial charge in [0.15, 0.2) is 0 Å². The molecule has 1 aliphatic rings. The Morgan fingerprint density at radius 3 is 1.88 bits per heavy atom. The Bertz CT molecular complexity index is 2910. The zero-order valence-corrected chi connectivity index (χ0v) is 32.1. The molecule has 9 aromatic rings. The number of para-hydroxylation sites is 2. The first-order valence-corrected chi connectivity index (χ1v) is 20.0. The van der Waals surface area contributed by atoms with E-state index in [0.717, 1.165) is 67.8 Å². The van der Waals surface area contributed by atoms with E-state index in [1.54, 1.807) is 0 Å². The fourth-order valence-corrected chi connectivity index (χ4v) is 8.38. The molecule has 1 aliphatic heterocycles. The van der Waals surface area contributed by atoms with Crippen LogP contribution in [0, 0.1) is 0 Å². The third-order valence-corrected chi connectivity index (χ3v) is 11.3. The number of allylic oxidation sites excluding steroid dienone is 1. The molecule has 0 bridgehead atoms. The number of nitrogens with zero attached hydrogens (tertiary/aromatic N) is 1. The predicted octanol–water partition coefficient (Wildman–Crippen LogP) is 15.1. The highest BCUT2D eigenvalue weighted by Crippen LogP contribution is 2.45. The minimum absolute atomic E-state index is 0.469. The van der Waals surface area contributed by atoms with E-state index < -0.39 is 0 Å². The summed E-state index contributed by atoms with van der Waals surface area (Å²) in [5.41, 5.74) is 16.3. The van der Waals surface area contributed by atoms with Crippen molar-refractivity contribution >= 4 is 33.9 Å². The first-order chi connectivity index (χ1) is 28.8. The Kier molecular flexibility index (Phi) is 9.43. The normalized spacial score (nSPS) is 12.6. The van der Waals surface area contributed by atoms with Crippen LogP contribution in [0.2, 0.25) is 0 Å². The molecule has 0 aliphatic carbocycles. The van der Waals surface area contributed by atoms with Gasteiger partial charge in [-0.25, -0.2) is 0 Å². The Balaban J connectivity index is 1.12. The van der Waals surface area contributed by atoms with Gasteiger partial charge in [0, 0.05) is 27.9 Å². The van der Waals surface area contributed by atoms with Gasteiger partial charge < -0.3 is 9.64 Å². The molecule has 9 aromatic carbocycles. The van der Waals surface area contributed by atoms with Crippen molar-refractivity contribution in [2.45, 2.75) is 13.0 Å². The Morgan fingerprint density at radius 1 is 0.397 bits per heavy atom. The summed E-state index contributed by atoms with van der Waals surface area (Å²) in [4.78, 5) is 2.36. The highest BCUT2D eigenvalue weighted by molar-refractivity contribution is 5.99. The molecular formula is C56H41NO. The standard InChI is InChI=1S/C56H41NO/c1-3-17-43(18-4-1)50-27-13-14-29-55(50)57(47-24-5-2-6-25-47)48-34-30-41(31-35-48)45-33-36-52-49-26-11-9-19-42(49)23-15-22-40-16-7-8-21-46(40)39-58-56-51-28-12-10-20-44(51)32-37-53(56)54(52)38-45/h1-22,24-38H,23,39H2/b22-15-. The van der Waals surface area contributed by atoms with Crippen LogP contribution >= 0.6 is 0 Å². The van der Waals surface area contributed by atoms with Crippen LogP contribution in [0.25, 0.3) is 61.4 Å². The molecule has 0 saturated carbocycles. The summed E-state index contributed by atoms with van der Waals surface area (Å²) < 4.78 is 6.96. The third kappa shape index (κ3) is 6.76. The van der Waals surface area contributed by atoms with Crippen molar-refractivity contribution in [1.29, 1.82) is 0 Å². The second-order valence-electron chi connectivity index (χ2n) is 14.8. The van der Waals surface area contributed by atoms with Crippen LogP contribution in [0.1, 0.15) is 16.7 Å². The van der Waals surface area contributed by atoms with E-state index in [1.165, 1.54) is 33.4 Å². The van der Waals surface area contributed by atoms with E-state index in [9.17, 15) is 0 Å². The summed E-state index contributed by atoms with van der Waals surface area (Å²) in [5, 5.41) is 2.26. The third-order valence-electron chi connectivity index (χ3n) is 11.3. The number of anilines is 3. The number of rotatable bonds is 5. The summed E-state index contributed by atoms with van der Waals surface area (Å²) in [6.45, 7) is 0.469. The molecule has 0 radical (unpaired) electrons. The van der Waals surface area contributed by atoms with Gasteiger partial charge in [0.25, 0.3) is 0 Å². The minimum Gasteiger partial charge on any atom is -0.488 e. The maximum Gasteiger partial charge on any atom is 0.135 e. The maximum absolute atomic E-state index is 6.96. The molecule has 0 saturated heterocycles. The Hall–Kier alpha value is -7.42. The van der Waals surface area contributed by atoms with Gasteiger partial charge in [0.1, 0.15) is 12.4 Å². The lowest BCUT2D eigenvalue weighted by atomic mass is 9.87. The van der Waals surface area contributed by atoms with Crippen molar-refractivity contribution in [3.8, 4) is 50.3 Å². The number of hydrogen-bond acceptors (Lipinski definition) is 2. The van der Waals surface area contributed by atoms with Crippen LogP contribution in [0.5, 0.6) is 5.75 Å². The molecule has 0 spiro atoms. The van der Waals surface area contributed by atoms with Crippen LogP contribution in [0.15, 0.2) is 218 Å². The molecule has 10 rings (SSSR count). The molecule has 2 nitrogen and oxygen atoms in total. The van der Waals surface area contributed by atoms with Crippen molar-refractivity contribution < 1.29 is 4.74 Å². The summed E-state index contributed by atoms with van der Waals surface area (Å²) in [6.07, 6.45) is 5.35.